The van der Waals surface area contributed by atoms with Gasteiger partial charge in [0, 0.05) is 23.8 Å². The summed E-state index contributed by atoms with van der Waals surface area (Å²) in [7, 11) is 0. The number of fused-ring (bicyclic) bond motifs is 1. The van der Waals surface area contributed by atoms with Gasteiger partial charge in [-0.05, 0) is 32.9 Å². The van der Waals surface area contributed by atoms with Crippen LogP contribution in [0.2, 0.25) is 0 Å². The Balaban J connectivity index is 1.78. The van der Waals surface area contributed by atoms with Gasteiger partial charge in [0.25, 0.3) is 0 Å². The summed E-state index contributed by atoms with van der Waals surface area (Å²) in [6.07, 6.45) is 3.99. The van der Waals surface area contributed by atoms with Crippen molar-refractivity contribution >= 4 is 17.0 Å². The number of hydrogen-bond acceptors (Lipinski definition) is 4. The van der Waals surface area contributed by atoms with Crippen LogP contribution < -0.4 is 5.32 Å². The van der Waals surface area contributed by atoms with Crippen LogP contribution in [0.3, 0.4) is 0 Å². The first-order chi connectivity index (χ1) is 9.65. The number of thiazole rings is 1. The predicted octanol–water partition coefficient (Wildman–Crippen LogP) is 3.26. The van der Waals surface area contributed by atoms with Gasteiger partial charge in [-0.3, -0.25) is 0 Å². The van der Waals surface area contributed by atoms with Crippen LogP contribution >= 0.6 is 11.3 Å². The van der Waals surface area contributed by atoms with E-state index in [4.69, 9.17) is 0 Å². The molecule has 1 atom stereocenters. The molecule has 0 fully saturated rings. The van der Waals surface area contributed by atoms with E-state index in [0.29, 0.717) is 0 Å². The SMILES string of the molecule is Cc1cnc(C(C)NCc2c(C)nc3ccccn23)s1. The molecule has 0 radical (unpaired) electrons. The Hall–Kier alpha value is -1.72. The number of aryl methyl sites for hydroxylation is 2. The monoisotopic (exact) mass is 286 g/mol. The predicted molar refractivity (Wildman–Crippen MR) is 82.0 cm³/mol. The molecular weight excluding hydrogens is 268 g/mol. The fourth-order valence-electron chi connectivity index (χ4n) is 2.29. The summed E-state index contributed by atoms with van der Waals surface area (Å²) in [5.41, 5.74) is 3.28. The van der Waals surface area contributed by atoms with Crippen molar-refractivity contribution < 1.29 is 0 Å². The lowest BCUT2D eigenvalue weighted by Crippen LogP contribution is -2.19. The molecule has 0 saturated heterocycles. The molecule has 1 unspecified atom stereocenters. The number of nitrogens with one attached hydrogen (secondary N) is 1. The van der Waals surface area contributed by atoms with Crippen LogP contribution in [0, 0.1) is 13.8 Å². The molecule has 0 aliphatic rings. The summed E-state index contributed by atoms with van der Waals surface area (Å²) in [6, 6.07) is 6.33. The molecule has 3 heterocycles. The standard InChI is InChI=1S/C15H18N4S/c1-10-8-17-15(20-10)12(3)16-9-13-11(2)18-14-6-4-5-7-19(13)14/h4-8,12,16H,9H2,1-3H3. The van der Waals surface area contributed by atoms with E-state index in [1.165, 1.54) is 10.6 Å². The fraction of sp³-hybridized carbons (Fsp3) is 0.333. The fourth-order valence-corrected chi connectivity index (χ4v) is 3.09. The molecule has 0 aromatic carbocycles. The van der Waals surface area contributed by atoms with Crippen molar-refractivity contribution in [3.05, 3.63) is 51.9 Å². The van der Waals surface area contributed by atoms with Crippen LogP contribution in [-0.4, -0.2) is 14.4 Å². The summed E-state index contributed by atoms with van der Waals surface area (Å²) >= 11 is 1.74. The first kappa shape index (κ1) is 13.3. The van der Waals surface area contributed by atoms with E-state index in [2.05, 4.69) is 46.7 Å². The van der Waals surface area contributed by atoms with Gasteiger partial charge in [-0.1, -0.05) is 6.07 Å². The maximum atomic E-state index is 4.58. The van der Waals surface area contributed by atoms with E-state index in [0.717, 1.165) is 22.9 Å². The number of hydrogen-bond donors (Lipinski definition) is 1. The Bertz CT molecular complexity index is 728. The van der Waals surface area contributed by atoms with Crippen LogP contribution in [0.25, 0.3) is 5.65 Å². The Labute approximate surface area is 122 Å². The van der Waals surface area contributed by atoms with E-state index in [9.17, 15) is 0 Å². The molecule has 0 aliphatic heterocycles. The first-order valence-electron chi connectivity index (χ1n) is 6.73. The average Bonchev–Trinajstić information content (AvgIpc) is 2.99. The van der Waals surface area contributed by atoms with Gasteiger partial charge in [-0.15, -0.1) is 11.3 Å². The van der Waals surface area contributed by atoms with Crippen molar-refractivity contribution in [3.63, 3.8) is 0 Å². The van der Waals surface area contributed by atoms with Gasteiger partial charge in [0.1, 0.15) is 10.7 Å². The summed E-state index contributed by atoms with van der Waals surface area (Å²) in [5.74, 6) is 0. The Kier molecular flexibility index (Phi) is 3.54. The van der Waals surface area contributed by atoms with Crippen LogP contribution in [0.1, 0.15) is 34.2 Å². The topological polar surface area (TPSA) is 42.2 Å². The zero-order valence-electron chi connectivity index (χ0n) is 11.9. The number of rotatable bonds is 4. The van der Waals surface area contributed by atoms with Gasteiger partial charge in [0.05, 0.1) is 17.4 Å². The largest absolute Gasteiger partial charge is 0.302 e. The highest BCUT2D eigenvalue weighted by Crippen LogP contribution is 2.20. The van der Waals surface area contributed by atoms with Gasteiger partial charge in [0.15, 0.2) is 0 Å². The molecule has 3 aromatic rings. The minimum atomic E-state index is 0.252. The zero-order valence-corrected chi connectivity index (χ0v) is 12.7. The third kappa shape index (κ3) is 2.46. The van der Waals surface area contributed by atoms with E-state index in [1.807, 2.05) is 24.4 Å². The number of nitrogens with zero attached hydrogens (tertiary/aromatic N) is 3. The summed E-state index contributed by atoms with van der Waals surface area (Å²) in [5, 5.41) is 4.67. The lowest BCUT2D eigenvalue weighted by Gasteiger charge is -2.11. The summed E-state index contributed by atoms with van der Waals surface area (Å²) in [4.78, 5) is 10.3. The molecule has 104 valence electrons. The second-order valence-corrected chi connectivity index (χ2v) is 6.25. The van der Waals surface area contributed by atoms with Crippen LogP contribution in [-0.2, 0) is 6.54 Å². The second-order valence-electron chi connectivity index (χ2n) is 4.98. The van der Waals surface area contributed by atoms with E-state index < -0.39 is 0 Å². The molecule has 20 heavy (non-hydrogen) atoms. The van der Waals surface area contributed by atoms with Gasteiger partial charge in [-0.2, -0.15) is 0 Å². The van der Waals surface area contributed by atoms with Gasteiger partial charge in [-0.25, -0.2) is 9.97 Å². The highest BCUT2D eigenvalue weighted by molar-refractivity contribution is 7.11. The zero-order chi connectivity index (χ0) is 14.1. The van der Waals surface area contributed by atoms with Crippen molar-refractivity contribution in [1.29, 1.82) is 0 Å². The molecule has 0 saturated carbocycles. The minimum absolute atomic E-state index is 0.252. The van der Waals surface area contributed by atoms with Crippen LogP contribution in [0.5, 0.6) is 0 Å². The van der Waals surface area contributed by atoms with E-state index in [1.54, 1.807) is 11.3 Å². The second kappa shape index (κ2) is 5.34. The third-order valence-corrected chi connectivity index (χ3v) is 4.51. The molecular formula is C15H18N4S. The summed E-state index contributed by atoms with van der Waals surface area (Å²) in [6.45, 7) is 7.08. The molecule has 0 amide bonds. The maximum absolute atomic E-state index is 4.58. The van der Waals surface area contributed by atoms with E-state index >= 15 is 0 Å². The Morgan fingerprint density at radius 2 is 2.20 bits per heavy atom. The smallest absolute Gasteiger partial charge is 0.137 e. The average molecular weight is 286 g/mol. The molecule has 0 aliphatic carbocycles. The number of imidazole rings is 1. The molecule has 4 nitrogen and oxygen atoms in total. The lowest BCUT2D eigenvalue weighted by atomic mass is 10.3. The van der Waals surface area contributed by atoms with Crippen molar-refractivity contribution in [1.82, 2.24) is 19.7 Å². The van der Waals surface area contributed by atoms with Crippen molar-refractivity contribution in [2.75, 3.05) is 0 Å². The maximum Gasteiger partial charge on any atom is 0.137 e. The highest BCUT2D eigenvalue weighted by atomic mass is 32.1. The normalized spacial score (nSPS) is 12.9. The van der Waals surface area contributed by atoms with Crippen LogP contribution in [0.15, 0.2) is 30.6 Å². The molecule has 0 spiro atoms. The summed E-state index contributed by atoms with van der Waals surface area (Å²) < 4.78 is 2.14. The third-order valence-electron chi connectivity index (χ3n) is 3.41. The molecule has 0 bridgehead atoms. The minimum Gasteiger partial charge on any atom is -0.302 e. The lowest BCUT2D eigenvalue weighted by molar-refractivity contribution is 0.561. The van der Waals surface area contributed by atoms with Gasteiger partial charge in [0.2, 0.25) is 0 Å². The van der Waals surface area contributed by atoms with Gasteiger partial charge < -0.3 is 9.72 Å². The molecule has 3 aromatic heterocycles. The Morgan fingerprint density at radius 3 is 2.95 bits per heavy atom. The van der Waals surface area contributed by atoms with Crippen molar-refractivity contribution in [2.45, 2.75) is 33.4 Å². The van der Waals surface area contributed by atoms with Crippen LogP contribution in [0.4, 0.5) is 0 Å². The van der Waals surface area contributed by atoms with E-state index in [-0.39, 0.29) is 6.04 Å². The number of pyridine rings is 1. The van der Waals surface area contributed by atoms with Crippen molar-refractivity contribution in [3.8, 4) is 0 Å². The molecule has 3 rings (SSSR count). The first-order valence-corrected chi connectivity index (χ1v) is 7.55. The molecule has 5 heteroatoms. The number of aromatic nitrogens is 3. The highest BCUT2D eigenvalue weighted by Gasteiger charge is 2.12. The quantitative estimate of drug-likeness (QED) is 0.800. The molecule has 1 N–H and O–H groups in total. The van der Waals surface area contributed by atoms with Crippen molar-refractivity contribution in [2.24, 2.45) is 0 Å². The van der Waals surface area contributed by atoms with Gasteiger partial charge >= 0.3 is 0 Å². The Morgan fingerprint density at radius 1 is 1.35 bits per heavy atom.